The van der Waals surface area contributed by atoms with Crippen LogP contribution >= 0.6 is 0 Å². The molecule has 0 heterocycles. The van der Waals surface area contributed by atoms with Crippen molar-refractivity contribution in [2.75, 3.05) is 6.54 Å². The topological polar surface area (TPSA) is 44.1 Å². The van der Waals surface area contributed by atoms with Crippen LogP contribution < -0.4 is 0 Å². The van der Waals surface area contributed by atoms with Gasteiger partial charge >= 0.3 is 12.4 Å². The van der Waals surface area contributed by atoms with E-state index < -0.39 is 36.8 Å². The summed E-state index contributed by atoms with van der Waals surface area (Å²) < 4.78 is 73.7. The molecule has 0 saturated heterocycles. The monoisotopic (exact) mass is 276 g/mol. The first-order valence-corrected chi connectivity index (χ1v) is 4.73. The largest absolute Gasteiger partial charge is 0.409 e. The minimum atomic E-state index is -5.74. The molecule has 104 valence electrons. The predicted molar refractivity (Wildman–Crippen MR) is 48.1 cm³/mol. The van der Waals surface area contributed by atoms with Crippen molar-refractivity contribution in [2.45, 2.75) is 32.2 Å². The first-order chi connectivity index (χ1) is 7.92. The number of rotatable bonds is 3. The lowest BCUT2D eigenvalue weighted by atomic mass is 10.1. The number of nitrogens with zero attached hydrogens (tertiary/aromatic N) is 2. The van der Waals surface area contributed by atoms with Gasteiger partial charge in [-0.3, -0.25) is 4.79 Å². The first kappa shape index (κ1) is 16.5. The van der Waals surface area contributed by atoms with E-state index in [9.17, 15) is 31.1 Å². The number of hydrogen-bond acceptors (Lipinski definition) is 2. The summed E-state index contributed by atoms with van der Waals surface area (Å²) in [5.41, 5.74) is 0. The van der Waals surface area contributed by atoms with Crippen LogP contribution in [0, 0.1) is 17.2 Å². The van der Waals surface area contributed by atoms with Crippen molar-refractivity contribution in [1.82, 2.24) is 4.90 Å². The zero-order valence-electron chi connectivity index (χ0n) is 9.43. The molecular weight excluding hydrogens is 266 g/mol. The van der Waals surface area contributed by atoms with Gasteiger partial charge in [0.2, 0.25) is 11.8 Å². The highest BCUT2D eigenvalue weighted by Gasteiger charge is 2.62. The third kappa shape index (κ3) is 4.09. The van der Waals surface area contributed by atoms with Crippen LogP contribution in [0.15, 0.2) is 0 Å². The molecule has 0 saturated carbocycles. The molecule has 0 bridgehead atoms. The summed E-state index contributed by atoms with van der Waals surface area (Å²) in [4.78, 5) is 11.5. The Bertz CT molecular complexity index is 326. The van der Waals surface area contributed by atoms with E-state index >= 15 is 0 Å². The van der Waals surface area contributed by atoms with E-state index in [2.05, 4.69) is 0 Å². The molecule has 0 aliphatic rings. The van der Waals surface area contributed by atoms with Crippen molar-refractivity contribution >= 4 is 5.91 Å². The Kier molecular flexibility index (Phi) is 5.01. The molecule has 0 spiro atoms. The van der Waals surface area contributed by atoms with E-state index in [-0.39, 0.29) is 4.90 Å². The Morgan fingerprint density at radius 1 is 1.17 bits per heavy atom. The van der Waals surface area contributed by atoms with E-state index in [0.717, 1.165) is 0 Å². The quantitative estimate of drug-likeness (QED) is 0.587. The number of carbonyl (C=O) groups is 1. The van der Waals surface area contributed by atoms with Gasteiger partial charge in [-0.05, 0) is 13.8 Å². The first-order valence-electron chi connectivity index (χ1n) is 4.73. The van der Waals surface area contributed by atoms with Gasteiger partial charge in [-0.1, -0.05) is 0 Å². The summed E-state index contributed by atoms with van der Waals surface area (Å²) in [6.07, 6.45) is -11.5. The minimum absolute atomic E-state index is 0.242. The molecule has 0 aromatic carbocycles. The van der Waals surface area contributed by atoms with Crippen molar-refractivity contribution in [2.24, 2.45) is 5.92 Å². The SMILES string of the molecule is CC(C)N(CC#N)C(=O)C(C(F)(F)F)C(F)(F)F. The average Bonchev–Trinajstić information content (AvgIpc) is 2.08. The van der Waals surface area contributed by atoms with Crippen LogP contribution in [0.1, 0.15) is 13.8 Å². The maximum Gasteiger partial charge on any atom is 0.409 e. The fourth-order valence-corrected chi connectivity index (χ4v) is 1.22. The van der Waals surface area contributed by atoms with Crippen LogP contribution in [0.4, 0.5) is 26.3 Å². The molecule has 0 aromatic heterocycles. The minimum Gasteiger partial charge on any atom is -0.326 e. The van der Waals surface area contributed by atoms with Crippen molar-refractivity contribution in [3.8, 4) is 6.07 Å². The number of amides is 1. The number of carbonyl (C=O) groups excluding carboxylic acids is 1. The van der Waals surface area contributed by atoms with Crippen LogP contribution in [0.25, 0.3) is 0 Å². The van der Waals surface area contributed by atoms with Gasteiger partial charge in [0.25, 0.3) is 0 Å². The van der Waals surface area contributed by atoms with E-state index in [4.69, 9.17) is 5.26 Å². The Morgan fingerprint density at radius 2 is 1.56 bits per heavy atom. The molecule has 0 unspecified atom stereocenters. The summed E-state index contributed by atoms with van der Waals surface area (Å²) in [5.74, 6) is -6.26. The molecule has 0 atom stereocenters. The lowest BCUT2D eigenvalue weighted by Gasteiger charge is -2.30. The highest BCUT2D eigenvalue weighted by molar-refractivity contribution is 5.81. The summed E-state index contributed by atoms with van der Waals surface area (Å²) in [6, 6.07) is 0.418. The molecule has 18 heavy (non-hydrogen) atoms. The highest BCUT2D eigenvalue weighted by Crippen LogP contribution is 2.40. The summed E-state index contributed by atoms with van der Waals surface area (Å²) in [6.45, 7) is 1.61. The second kappa shape index (κ2) is 5.46. The van der Waals surface area contributed by atoms with E-state index in [1.807, 2.05) is 0 Å². The molecule has 0 aromatic rings. The van der Waals surface area contributed by atoms with Gasteiger partial charge in [-0.15, -0.1) is 0 Å². The smallest absolute Gasteiger partial charge is 0.326 e. The number of halogens is 6. The van der Waals surface area contributed by atoms with Gasteiger partial charge in [0.1, 0.15) is 6.54 Å². The fraction of sp³-hybridized carbons (Fsp3) is 0.778. The Balaban J connectivity index is 5.39. The molecule has 0 aliphatic carbocycles. The van der Waals surface area contributed by atoms with Crippen molar-refractivity contribution in [3.63, 3.8) is 0 Å². The van der Waals surface area contributed by atoms with Gasteiger partial charge in [0, 0.05) is 6.04 Å². The highest BCUT2D eigenvalue weighted by atomic mass is 19.4. The summed E-state index contributed by atoms with van der Waals surface area (Å²) >= 11 is 0. The maximum atomic E-state index is 12.3. The van der Waals surface area contributed by atoms with E-state index in [1.54, 1.807) is 0 Å². The molecule has 0 radical (unpaired) electrons. The van der Waals surface area contributed by atoms with Gasteiger partial charge in [0.15, 0.2) is 0 Å². The van der Waals surface area contributed by atoms with E-state index in [1.165, 1.54) is 19.9 Å². The molecule has 0 N–H and O–H groups in total. The van der Waals surface area contributed by atoms with Gasteiger partial charge in [-0.2, -0.15) is 31.6 Å². The molecule has 0 rings (SSSR count). The average molecular weight is 276 g/mol. The Hall–Kier alpha value is -1.46. The molecule has 0 aliphatic heterocycles. The third-order valence-electron chi connectivity index (χ3n) is 2.05. The van der Waals surface area contributed by atoms with Crippen LogP contribution in [-0.4, -0.2) is 35.7 Å². The maximum absolute atomic E-state index is 12.3. The molecule has 9 heteroatoms. The Labute approximate surface area is 99.0 Å². The van der Waals surface area contributed by atoms with Crippen LogP contribution in [-0.2, 0) is 4.79 Å². The van der Waals surface area contributed by atoms with Crippen LogP contribution in [0.2, 0.25) is 0 Å². The zero-order chi connectivity index (χ0) is 14.7. The number of nitriles is 1. The predicted octanol–water partition coefficient (Wildman–Crippen LogP) is 2.49. The zero-order valence-corrected chi connectivity index (χ0v) is 9.43. The second-order valence-corrected chi connectivity index (χ2v) is 3.73. The molecule has 1 amide bonds. The standard InChI is InChI=1S/C9H10F6N2O/c1-5(2)17(4-3-16)7(18)6(8(10,11)12)9(13,14)15/h5-6H,4H2,1-2H3. The van der Waals surface area contributed by atoms with Gasteiger partial charge < -0.3 is 4.90 Å². The van der Waals surface area contributed by atoms with Crippen LogP contribution in [0.5, 0.6) is 0 Å². The van der Waals surface area contributed by atoms with Gasteiger partial charge in [0.05, 0.1) is 6.07 Å². The van der Waals surface area contributed by atoms with E-state index in [0.29, 0.717) is 0 Å². The fourth-order valence-electron chi connectivity index (χ4n) is 1.22. The lowest BCUT2D eigenvalue weighted by molar-refractivity contribution is -0.277. The normalized spacial score (nSPS) is 12.7. The summed E-state index contributed by atoms with van der Waals surface area (Å²) in [5, 5.41) is 8.32. The van der Waals surface area contributed by atoms with Crippen molar-refractivity contribution in [1.29, 1.82) is 5.26 Å². The van der Waals surface area contributed by atoms with Crippen LogP contribution in [0.3, 0.4) is 0 Å². The molecule has 3 nitrogen and oxygen atoms in total. The lowest BCUT2D eigenvalue weighted by Crippen LogP contribution is -2.51. The second-order valence-electron chi connectivity index (χ2n) is 3.73. The molecule has 0 fully saturated rings. The number of alkyl halides is 6. The Morgan fingerprint density at radius 3 is 1.78 bits per heavy atom. The van der Waals surface area contributed by atoms with Crippen molar-refractivity contribution in [3.05, 3.63) is 0 Å². The third-order valence-corrected chi connectivity index (χ3v) is 2.05. The van der Waals surface area contributed by atoms with Crippen molar-refractivity contribution < 1.29 is 31.1 Å². The van der Waals surface area contributed by atoms with Gasteiger partial charge in [-0.25, -0.2) is 0 Å². The number of hydrogen-bond donors (Lipinski definition) is 0. The summed E-state index contributed by atoms with van der Waals surface area (Å²) in [7, 11) is 0. The molecular formula is C9H10F6N2O.